The van der Waals surface area contributed by atoms with Crippen LogP contribution in [0.1, 0.15) is 0 Å². The normalized spacial score (nSPS) is 11.9. The zero-order valence-corrected chi connectivity index (χ0v) is 31.0. The molecule has 4 heteroatoms. The molecule has 0 aliphatic rings. The lowest BCUT2D eigenvalue weighted by molar-refractivity contribution is 0.669. The van der Waals surface area contributed by atoms with Crippen molar-refractivity contribution in [2.75, 3.05) is 4.90 Å². The monoisotopic (exact) mass is 732 g/mol. The van der Waals surface area contributed by atoms with Crippen LogP contribution in [-0.4, -0.2) is 4.57 Å². The van der Waals surface area contributed by atoms with Gasteiger partial charge in [0.1, 0.15) is 11.2 Å². The Bertz CT molecular complexity index is 3480. The Morgan fingerprint density at radius 1 is 0.411 bits per heavy atom. The lowest BCUT2D eigenvalue weighted by Crippen LogP contribution is -2.09. The van der Waals surface area contributed by atoms with E-state index in [2.05, 4.69) is 204 Å². The van der Waals surface area contributed by atoms with Crippen LogP contribution in [0.4, 0.5) is 17.1 Å². The molecular formula is C52H32N2OS. The number of hydrogen-bond acceptors (Lipinski definition) is 3. The summed E-state index contributed by atoms with van der Waals surface area (Å²) in [5.41, 5.74) is 10.8. The molecule has 0 aliphatic heterocycles. The number of thiophene rings is 1. The second-order valence-electron chi connectivity index (χ2n) is 14.5. The van der Waals surface area contributed by atoms with E-state index < -0.39 is 0 Å². The highest BCUT2D eigenvalue weighted by molar-refractivity contribution is 7.25. The van der Waals surface area contributed by atoms with Crippen LogP contribution in [0, 0.1) is 0 Å². The average molecular weight is 733 g/mol. The molecular weight excluding hydrogens is 701 g/mol. The summed E-state index contributed by atoms with van der Waals surface area (Å²) in [5.74, 6) is 0. The molecule has 0 fully saturated rings. The highest BCUT2D eigenvalue weighted by Crippen LogP contribution is 2.48. The molecule has 12 aromatic rings. The highest BCUT2D eigenvalue weighted by Gasteiger charge is 2.24. The van der Waals surface area contributed by atoms with Gasteiger partial charge in [0.25, 0.3) is 0 Å². The standard InChI is InChI=1S/C52H32N2OS/c1-3-15-36(16-4-1)53(38-26-28-49-43(30-38)40-19-10-12-22-48(40)56-49)39-25-27-41-44(31-39)54(37-17-5-2-6-18-37)45-32-47-52(42-20-9-11-21-46(42)55-47)50(51(41)45)35-24-23-33-13-7-8-14-34(33)29-35/h1-32H. The second-order valence-corrected chi connectivity index (χ2v) is 15.6. The molecule has 0 N–H and O–H groups in total. The summed E-state index contributed by atoms with van der Waals surface area (Å²) in [6.45, 7) is 0. The first-order chi connectivity index (χ1) is 27.8. The topological polar surface area (TPSA) is 21.3 Å². The number of aromatic nitrogens is 1. The van der Waals surface area contributed by atoms with Gasteiger partial charge in [0.2, 0.25) is 0 Å². The largest absolute Gasteiger partial charge is 0.456 e. The summed E-state index contributed by atoms with van der Waals surface area (Å²) in [6, 6.07) is 70.2. The van der Waals surface area contributed by atoms with E-state index in [1.54, 1.807) is 0 Å². The first-order valence-corrected chi connectivity index (χ1v) is 19.8. The number of hydrogen-bond donors (Lipinski definition) is 0. The molecule has 262 valence electrons. The van der Waals surface area contributed by atoms with Crippen molar-refractivity contribution >= 4 is 103 Å². The van der Waals surface area contributed by atoms with Gasteiger partial charge in [0.15, 0.2) is 0 Å². The maximum atomic E-state index is 6.71. The fourth-order valence-electron chi connectivity index (χ4n) is 8.87. The summed E-state index contributed by atoms with van der Waals surface area (Å²) in [4.78, 5) is 2.39. The third-order valence-electron chi connectivity index (χ3n) is 11.3. The van der Waals surface area contributed by atoms with Gasteiger partial charge in [-0.05, 0) is 89.1 Å². The predicted octanol–water partition coefficient (Wildman–Crippen LogP) is 15.3. The first kappa shape index (κ1) is 31.2. The third-order valence-corrected chi connectivity index (χ3v) is 12.5. The molecule has 0 saturated carbocycles. The number of fused-ring (bicyclic) bond motifs is 10. The zero-order valence-electron chi connectivity index (χ0n) is 30.2. The number of rotatable bonds is 5. The van der Waals surface area contributed by atoms with E-state index in [4.69, 9.17) is 4.42 Å². The molecule has 0 spiro atoms. The Hall–Kier alpha value is -7.14. The maximum Gasteiger partial charge on any atom is 0.138 e. The first-order valence-electron chi connectivity index (χ1n) is 19.0. The molecule has 0 bridgehead atoms. The van der Waals surface area contributed by atoms with Crippen LogP contribution in [0.15, 0.2) is 199 Å². The molecule has 0 radical (unpaired) electrons. The summed E-state index contributed by atoms with van der Waals surface area (Å²) in [5, 5.41) is 9.67. The Labute approximate surface area is 326 Å². The Morgan fingerprint density at radius 3 is 1.98 bits per heavy atom. The van der Waals surface area contributed by atoms with E-state index in [9.17, 15) is 0 Å². The molecule has 0 unspecified atom stereocenters. The fraction of sp³-hybridized carbons (Fsp3) is 0. The second kappa shape index (κ2) is 12.2. The van der Waals surface area contributed by atoms with Crippen molar-refractivity contribution in [1.29, 1.82) is 0 Å². The van der Waals surface area contributed by atoms with Crippen LogP contribution >= 0.6 is 11.3 Å². The van der Waals surface area contributed by atoms with Gasteiger partial charge in [-0.3, -0.25) is 0 Å². The number of benzene rings is 9. The fourth-order valence-corrected chi connectivity index (χ4v) is 9.96. The predicted molar refractivity (Wildman–Crippen MR) is 239 cm³/mol. The van der Waals surface area contributed by atoms with E-state index in [1.807, 2.05) is 11.3 Å². The van der Waals surface area contributed by atoms with Crippen molar-refractivity contribution < 1.29 is 4.42 Å². The molecule has 0 atom stereocenters. The van der Waals surface area contributed by atoms with Crippen molar-refractivity contribution in [3.05, 3.63) is 194 Å². The minimum absolute atomic E-state index is 0.879. The molecule has 0 saturated heterocycles. The van der Waals surface area contributed by atoms with Gasteiger partial charge in [0.05, 0.1) is 11.0 Å². The minimum Gasteiger partial charge on any atom is -0.456 e. The van der Waals surface area contributed by atoms with Crippen molar-refractivity contribution in [1.82, 2.24) is 4.57 Å². The number of nitrogens with zero attached hydrogens (tertiary/aromatic N) is 2. The maximum absolute atomic E-state index is 6.71. The summed E-state index contributed by atoms with van der Waals surface area (Å²) in [7, 11) is 0. The van der Waals surface area contributed by atoms with E-state index in [1.165, 1.54) is 52.8 Å². The summed E-state index contributed by atoms with van der Waals surface area (Å²) < 4.78 is 11.7. The van der Waals surface area contributed by atoms with E-state index in [-0.39, 0.29) is 0 Å². The minimum atomic E-state index is 0.879. The van der Waals surface area contributed by atoms with E-state index in [0.717, 1.165) is 55.7 Å². The average Bonchev–Trinajstić information content (AvgIpc) is 3.92. The van der Waals surface area contributed by atoms with Gasteiger partial charge in [-0.2, -0.15) is 0 Å². The Kier molecular flexibility index (Phi) is 6.80. The van der Waals surface area contributed by atoms with Gasteiger partial charge >= 0.3 is 0 Å². The van der Waals surface area contributed by atoms with Crippen molar-refractivity contribution in [3.63, 3.8) is 0 Å². The van der Waals surface area contributed by atoms with Crippen LogP contribution < -0.4 is 4.90 Å². The SMILES string of the molecule is c1ccc(N(c2ccc3sc4ccccc4c3c2)c2ccc3c4c(-c5ccc6ccccc6c5)c5c(cc4n(-c4ccccc4)c3c2)oc2ccccc25)cc1. The molecule has 0 amide bonds. The van der Waals surface area contributed by atoms with Crippen molar-refractivity contribution in [3.8, 4) is 16.8 Å². The van der Waals surface area contributed by atoms with Gasteiger partial charge < -0.3 is 13.9 Å². The van der Waals surface area contributed by atoms with Gasteiger partial charge in [0, 0.05) is 76.1 Å². The molecule has 9 aromatic carbocycles. The van der Waals surface area contributed by atoms with Crippen LogP contribution in [0.3, 0.4) is 0 Å². The van der Waals surface area contributed by atoms with Gasteiger partial charge in [-0.15, -0.1) is 11.3 Å². The Balaban J connectivity index is 1.19. The Morgan fingerprint density at radius 2 is 1.11 bits per heavy atom. The van der Waals surface area contributed by atoms with Crippen LogP contribution in [0.5, 0.6) is 0 Å². The third kappa shape index (κ3) is 4.70. The number of furan rings is 1. The van der Waals surface area contributed by atoms with Crippen LogP contribution in [0.25, 0.3) is 91.5 Å². The molecule has 56 heavy (non-hydrogen) atoms. The van der Waals surface area contributed by atoms with Crippen molar-refractivity contribution in [2.45, 2.75) is 0 Å². The quantitative estimate of drug-likeness (QED) is 0.176. The molecule has 12 rings (SSSR count). The lowest BCUT2D eigenvalue weighted by atomic mass is 9.93. The smallest absolute Gasteiger partial charge is 0.138 e. The molecule has 3 heterocycles. The molecule has 0 aliphatic carbocycles. The summed E-state index contributed by atoms with van der Waals surface area (Å²) in [6.07, 6.45) is 0. The summed E-state index contributed by atoms with van der Waals surface area (Å²) >= 11 is 1.85. The van der Waals surface area contributed by atoms with Crippen LogP contribution in [-0.2, 0) is 0 Å². The number of anilines is 3. The van der Waals surface area contributed by atoms with Gasteiger partial charge in [-0.25, -0.2) is 0 Å². The highest BCUT2D eigenvalue weighted by atomic mass is 32.1. The van der Waals surface area contributed by atoms with Gasteiger partial charge in [-0.1, -0.05) is 115 Å². The van der Waals surface area contributed by atoms with Crippen LogP contribution in [0.2, 0.25) is 0 Å². The number of para-hydroxylation sites is 3. The lowest BCUT2D eigenvalue weighted by Gasteiger charge is -2.26. The van der Waals surface area contributed by atoms with E-state index in [0.29, 0.717) is 0 Å². The van der Waals surface area contributed by atoms with Crippen molar-refractivity contribution in [2.24, 2.45) is 0 Å². The zero-order chi connectivity index (χ0) is 36.7. The molecule has 3 nitrogen and oxygen atoms in total. The molecule has 3 aromatic heterocycles. The van der Waals surface area contributed by atoms with E-state index >= 15 is 0 Å².